The molecule has 0 spiro atoms. The van der Waals surface area contributed by atoms with Crippen molar-refractivity contribution >= 4 is 23.7 Å². The van der Waals surface area contributed by atoms with Gasteiger partial charge in [0, 0.05) is 19.1 Å². The van der Waals surface area contributed by atoms with Crippen LogP contribution in [0.1, 0.15) is 58.3 Å². The number of carbonyl (C=O) groups is 4. The fourth-order valence-electron chi connectivity index (χ4n) is 2.75. The first kappa shape index (κ1) is 25.3. The fraction of sp³-hybridized carbons (Fsp3) is 0.545. The van der Waals surface area contributed by atoms with Gasteiger partial charge in [-0.3, -0.25) is 24.2 Å². The first-order valence-electron chi connectivity index (χ1n) is 10.0. The zero-order valence-corrected chi connectivity index (χ0v) is 18.6. The lowest BCUT2D eigenvalue weighted by Crippen LogP contribution is -2.53. The minimum absolute atomic E-state index is 0.292. The van der Waals surface area contributed by atoms with Gasteiger partial charge in [-0.1, -0.05) is 37.3 Å². The average molecular weight is 421 g/mol. The van der Waals surface area contributed by atoms with Crippen molar-refractivity contribution in [1.82, 2.24) is 9.80 Å². The van der Waals surface area contributed by atoms with Gasteiger partial charge in [0.15, 0.2) is 5.78 Å². The predicted octanol–water partition coefficient (Wildman–Crippen LogP) is 3.25. The molecule has 1 aromatic carbocycles. The predicted molar refractivity (Wildman–Crippen MR) is 112 cm³/mol. The smallest absolute Gasteiger partial charge is 0.329 e. The number of benzene rings is 1. The summed E-state index contributed by atoms with van der Waals surface area (Å²) in [7, 11) is 0. The molecule has 0 aliphatic heterocycles. The van der Waals surface area contributed by atoms with E-state index in [0.717, 1.165) is 4.90 Å². The van der Waals surface area contributed by atoms with Crippen LogP contribution in [0.5, 0.6) is 0 Å². The highest BCUT2D eigenvalue weighted by atomic mass is 16.6. The molecule has 0 heterocycles. The number of ketones is 1. The van der Waals surface area contributed by atoms with Gasteiger partial charge in [-0.15, -0.1) is 0 Å². The number of ether oxygens (including phenoxy) is 2. The first-order valence-corrected chi connectivity index (χ1v) is 10.0. The lowest BCUT2D eigenvalue weighted by molar-refractivity contribution is -0.157. The number of rotatable bonds is 9. The molecule has 1 atom stereocenters. The molecule has 0 aliphatic rings. The van der Waals surface area contributed by atoms with Gasteiger partial charge in [0.05, 0.1) is 6.54 Å². The van der Waals surface area contributed by atoms with Crippen molar-refractivity contribution in [3.63, 3.8) is 0 Å². The summed E-state index contributed by atoms with van der Waals surface area (Å²) in [5.74, 6) is -1.65. The van der Waals surface area contributed by atoms with Gasteiger partial charge >= 0.3 is 12.0 Å². The molecule has 0 saturated carbocycles. The third-order valence-electron chi connectivity index (χ3n) is 4.03. The quantitative estimate of drug-likeness (QED) is 0.346. The number of carbonyl (C=O) groups excluding carboxylic acids is 4. The summed E-state index contributed by atoms with van der Waals surface area (Å²) < 4.78 is 10.9. The van der Waals surface area contributed by atoms with E-state index in [4.69, 9.17) is 9.47 Å². The third kappa shape index (κ3) is 7.94. The van der Waals surface area contributed by atoms with E-state index >= 15 is 0 Å². The maximum Gasteiger partial charge on any atom is 0.329 e. The highest BCUT2D eigenvalue weighted by Crippen LogP contribution is 2.14. The number of hydrogen-bond donors (Lipinski definition) is 0. The Labute approximate surface area is 178 Å². The molecule has 30 heavy (non-hydrogen) atoms. The van der Waals surface area contributed by atoms with Crippen molar-refractivity contribution in [2.24, 2.45) is 0 Å². The van der Waals surface area contributed by atoms with Crippen LogP contribution in [0.3, 0.4) is 0 Å². The molecule has 8 nitrogen and oxygen atoms in total. The van der Waals surface area contributed by atoms with Gasteiger partial charge in [0.2, 0.25) is 5.91 Å². The van der Waals surface area contributed by atoms with Crippen LogP contribution in [0, 0.1) is 0 Å². The summed E-state index contributed by atoms with van der Waals surface area (Å²) >= 11 is 0. The molecular weight excluding hydrogens is 388 g/mol. The topological polar surface area (TPSA) is 93.2 Å². The molecule has 1 unspecified atom stereocenters. The van der Waals surface area contributed by atoms with E-state index < -0.39 is 36.3 Å². The molecule has 0 saturated heterocycles. The van der Waals surface area contributed by atoms with Crippen molar-refractivity contribution in [2.45, 2.75) is 59.8 Å². The first-order chi connectivity index (χ1) is 14.0. The summed E-state index contributed by atoms with van der Waals surface area (Å²) in [6.45, 7) is 9.31. The summed E-state index contributed by atoms with van der Waals surface area (Å²) in [5, 5.41) is 0. The van der Waals surface area contributed by atoms with Crippen molar-refractivity contribution in [3.05, 3.63) is 35.9 Å². The highest BCUT2D eigenvalue weighted by Gasteiger charge is 2.33. The van der Waals surface area contributed by atoms with E-state index in [0.29, 0.717) is 18.6 Å². The maximum atomic E-state index is 13.2. The molecular formula is C22H32N2O6. The normalized spacial score (nSPS) is 12.1. The van der Waals surface area contributed by atoms with Crippen LogP contribution in [-0.2, 0) is 19.1 Å². The van der Waals surface area contributed by atoms with Crippen molar-refractivity contribution in [2.75, 3.05) is 19.7 Å². The Bertz CT molecular complexity index is 742. The largest absolute Gasteiger partial charge is 0.459 e. The van der Waals surface area contributed by atoms with Crippen LogP contribution in [0.2, 0.25) is 0 Å². The van der Waals surface area contributed by atoms with Crippen molar-refractivity contribution in [1.29, 1.82) is 0 Å². The monoisotopic (exact) mass is 420 g/mol. The second-order valence-electron chi connectivity index (χ2n) is 7.71. The zero-order valence-electron chi connectivity index (χ0n) is 18.6. The Kier molecular flexibility index (Phi) is 9.65. The Morgan fingerprint density at radius 1 is 1.00 bits per heavy atom. The summed E-state index contributed by atoms with van der Waals surface area (Å²) in [4.78, 5) is 52.3. The van der Waals surface area contributed by atoms with E-state index in [2.05, 4.69) is 0 Å². The Hall–Kier alpha value is -2.74. The Balaban J connectivity index is 3.15. The van der Waals surface area contributed by atoms with E-state index in [1.807, 2.05) is 0 Å². The molecule has 0 N–H and O–H groups in total. The number of nitrogens with zero attached hydrogens (tertiary/aromatic N) is 2. The SMILES string of the molecule is CCOC(CC)N(CC(=O)c1ccccc1)C(=O)N(CC(=O)OC(C)(C)C)C(C)=O. The third-order valence-corrected chi connectivity index (χ3v) is 4.03. The molecule has 1 rings (SSSR count). The standard InChI is InChI=1S/C22H32N2O6/c1-7-19(29-8-2)24(14-18(26)17-12-10-9-11-13-17)21(28)23(16(3)25)15-20(27)30-22(4,5)6/h9-13,19H,7-8,14-15H2,1-6H3. The van der Waals surface area contributed by atoms with Crippen LogP contribution in [0.25, 0.3) is 0 Å². The van der Waals surface area contributed by atoms with Gasteiger partial charge in [-0.25, -0.2) is 4.79 Å². The van der Waals surface area contributed by atoms with E-state index in [9.17, 15) is 19.2 Å². The average Bonchev–Trinajstić information content (AvgIpc) is 2.67. The van der Waals surface area contributed by atoms with Crippen molar-refractivity contribution < 1.29 is 28.7 Å². The molecule has 166 valence electrons. The lowest BCUT2D eigenvalue weighted by atomic mass is 10.1. The fourth-order valence-corrected chi connectivity index (χ4v) is 2.75. The second-order valence-corrected chi connectivity index (χ2v) is 7.71. The maximum absolute atomic E-state index is 13.2. The minimum atomic E-state index is -0.780. The Morgan fingerprint density at radius 2 is 1.60 bits per heavy atom. The second kappa shape index (κ2) is 11.4. The summed E-state index contributed by atoms with van der Waals surface area (Å²) in [6.07, 6.45) is -0.324. The molecule has 0 bridgehead atoms. The van der Waals surface area contributed by atoms with Gasteiger partial charge in [-0.05, 0) is 34.1 Å². The number of esters is 1. The highest BCUT2D eigenvalue weighted by molar-refractivity contribution is 6.01. The number of Topliss-reactive ketones (excluding diaryl/α,β-unsaturated/α-hetero) is 1. The zero-order chi connectivity index (χ0) is 22.9. The van der Waals surface area contributed by atoms with E-state index in [-0.39, 0.29) is 12.3 Å². The van der Waals surface area contributed by atoms with Gasteiger partial charge in [0.1, 0.15) is 18.4 Å². The molecule has 1 aromatic rings. The minimum Gasteiger partial charge on any atom is -0.459 e. The molecule has 3 amide bonds. The van der Waals surface area contributed by atoms with Gasteiger partial charge in [-0.2, -0.15) is 0 Å². The molecule has 8 heteroatoms. The van der Waals surface area contributed by atoms with Crippen LogP contribution < -0.4 is 0 Å². The van der Waals surface area contributed by atoms with Crippen LogP contribution in [-0.4, -0.2) is 65.0 Å². The van der Waals surface area contributed by atoms with Gasteiger partial charge < -0.3 is 9.47 Å². The van der Waals surface area contributed by atoms with Crippen LogP contribution in [0.15, 0.2) is 30.3 Å². The molecule has 0 radical (unpaired) electrons. The van der Waals surface area contributed by atoms with E-state index in [1.54, 1.807) is 65.0 Å². The number of amides is 3. The number of imide groups is 1. The summed E-state index contributed by atoms with van der Waals surface area (Å²) in [5.41, 5.74) is -0.328. The molecule has 0 fully saturated rings. The number of urea groups is 1. The van der Waals surface area contributed by atoms with Gasteiger partial charge in [0.25, 0.3) is 0 Å². The summed E-state index contributed by atoms with van der Waals surface area (Å²) in [6, 6.07) is 7.75. The van der Waals surface area contributed by atoms with Crippen molar-refractivity contribution in [3.8, 4) is 0 Å². The van der Waals surface area contributed by atoms with E-state index in [1.165, 1.54) is 11.8 Å². The molecule has 0 aromatic heterocycles. The Morgan fingerprint density at radius 3 is 2.07 bits per heavy atom. The lowest BCUT2D eigenvalue weighted by Gasteiger charge is -2.34. The van der Waals surface area contributed by atoms with Crippen LogP contribution in [0.4, 0.5) is 4.79 Å². The van der Waals surface area contributed by atoms with Crippen LogP contribution >= 0.6 is 0 Å². The molecule has 0 aliphatic carbocycles. The number of hydrogen-bond acceptors (Lipinski definition) is 6.